The van der Waals surface area contributed by atoms with Crippen LogP contribution in [0.4, 0.5) is 0 Å². The van der Waals surface area contributed by atoms with Crippen molar-refractivity contribution in [1.29, 1.82) is 0 Å². The van der Waals surface area contributed by atoms with Gasteiger partial charge < -0.3 is 10.6 Å². The first-order valence-corrected chi connectivity index (χ1v) is 5.77. The van der Waals surface area contributed by atoms with Gasteiger partial charge >= 0.3 is 0 Å². The second kappa shape index (κ2) is 6.82. The van der Waals surface area contributed by atoms with E-state index in [0.717, 1.165) is 25.6 Å². The molecule has 0 aromatic heterocycles. The summed E-state index contributed by atoms with van der Waals surface area (Å²) in [6.45, 7) is 3.40. The molecule has 0 aromatic rings. The number of amides is 1. The highest BCUT2D eigenvalue weighted by atomic mass is 16.1. The van der Waals surface area contributed by atoms with Crippen LogP contribution in [0.3, 0.4) is 0 Å². The van der Waals surface area contributed by atoms with Crippen molar-refractivity contribution in [2.24, 2.45) is 0 Å². The summed E-state index contributed by atoms with van der Waals surface area (Å²) in [5, 5.41) is 6.35. The van der Waals surface area contributed by atoms with Crippen LogP contribution in [0.2, 0.25) is 0 Å². The van der Waals surface area contributed by atoms with Crippen LogP contribution < -0.4 is 10.6 Å². The van der Waals surface area contributed by atoms with Gasteiger partial charge in [0.25, 0.3) is 0 Å². The van der Waals surface area contributed by atoms with E-state index in [4.69, 9.17) is 0 Å². The van der Waals surface area contributed by atoms with Gasteiger partial charge in [-0.3, -0.25) is 4.79 Å². The normalized spacial score (nSPS) is 18.1. The third kappa shape index (κ3) is 5.22. The number of rotatable bonds is 5. The minimum absolute atomic E-state index is 0.0719. The number of carbonyl (C=O) groups is 1. The Morgan fingerprint density at radius 2 is 1.93 bits per heavy atom. The Morgan fingerprint density at radius 1 is 1.21 bits per heavy atom. The van der Waals surface area contributed by atoms with Crippen molar-refractivity contribution in [3.8, 4) is 0 Å². The van der Waals surface area contributed by atoms with E-state index in [-0.39, 0.29) is 5.91 Å². The molecule has 3 heteroatoms. The highest BCUT2D eigenvalue weighted by molar-refractivity contribution is 5.72. The van der Waals surface area contributed by atoms with Crippen LogP contribution in [0, 0.1) is 0 Å². The molecule has 0 aliphatic heterocycles. The van der Waals surface area contributed by atoms with Crippen LogP contribution in [0.15, 0.2) is 0 Å². The summed E-state index contributed by atoms with van der Waals surface area (Å²) in [5.41, 5.74) is 0. The van der Waals surface area contributed by atoms with Gasteiger partial charge in [-0.1, -0.05) is 19.3 Å². The maximum atomic E-state index is 10.6. The maximum Gasteiger partial charge on any atom is 0.216 e. The van der Waals surface area contributed by atoms with E-state index in [1.165, 1.54) is 32.1 Å². The maximum absolute atomic E-state index is 10.6. The number of hydrogen-bond donors (Lipinski definition) is 2. The minimum Gasteiger partial charge on any atom is -0.356 e. The van der Waals surface area contributed by atoms with Crippen LogP contribution >= 0.6 is 0 Å². The Balaban J connectivity index is 1.90. The van der Waals surface area contributed by atoms with E-state index < -0.39 is 0 Å². The standard InChI is InChI=1S/C11H22N2O/c1-10(14)12-8-5-9-13-11-6-3-2-4-7-11/h11,13H,2-9H2,1H3,(H,12,14). The molecule has 14 heavy (non-hydrogen) atoms. The van der Waals surface area contributed by atoms with Crippen molar-refractivity contribution < 1.29 is 4.79 Å². The average molecular weight is 198 g/mol. The second-order valence-electron chi connectivity index (χ2n) is 4.13. The van der Waals surface area contributed by atoms with Crippen LogP contribution in [0.5, 0.6) is 0 Å². The van der Waals surface area contributed by atoms with Crippen molar-refractivity contribution in [2.45, 2.75) is 51.5 Å². The second-order valence-corrected chi connectivity index (χ2v) is 4.13. The number of nitrogens with one attached hydrogen (secondary N) is 2. The van der Waals surface area contributed by atoms with Crippen molar-refractivity contribution in [3.05, 3.63) is 0 Å². The summed E-state index contributed by atoms with van der Waals surface area (Å²) in [6, 6.07) is 0.737. The highest BCUT2D eigenvalue weighted by Gasteiger charge is 2.11. The van der Waals surface area contributed by atoms with Crippen LogP contribution in [-0.2, 0) is 4.79 Å². The Labute approximate surface area is 86.6 Å². The fraction of sp³-hybridized carbons (Fsp3) is 0.909. The molecule has 1 amide bonds. The Kier molecular flexibility index (Phi) is 5.60. The Hall–Kier alpha value is -0.570. The third-order valence-electron chi connectivity index (χ3n) is 2.77. The molecule has 1 aliphatic carbocycles. The van der Waals surface area contributed by atoms with Gasteiger partial charge in [-0.25, -0.2) is 0 Å². The van der Waals surface area contributed by atoms with Gasteiger partial charge in [-0.05, 0) is 25.8 Å². The highest BCUT2D eigenvalue weighted by Crippen LogP contribution is 2.16. The summed E-state index contributed by atoms with van der Waals surface area (Å²) in [5.74, 6) is 0.0719. The van der Waals surface area contributed by atoms with E-state index in [0.29, 0.717) is 0 Å². The third-order valence-corrected chi connectivity index (χ3v) is 2.77. The summed E-state index contributed by atoms with van der Waals surface area (Å²) in [7, 11) is 0. The molecule has 3 nitrogen and oxygen atoms in total. The van der Waals surface area contributed by atoms with Crippen molar-refractivity contribution >= 4 is 5.91 Å². The van der Waals surface area contributed by atoms with E-state index in [1.54, 1.807) is 6.92 Å². The predicted octanol–water partition coefficient (Wildman–Crippen LogP) is 1.43. The van der Waals surface area contributed by atoms with Gasteiger partial charge in [0.15, 0.2) is 0 Å². The van der Waals surface area contributed by atoms with Gasteiger partial charge in [0, 0.05) is 19.5 Å². The molecule has 0 bridgehead atoms. The lowest BCUT2D eigenvalue weighted by molar-refractivity contribution is -0.118. The number of carbonyl (C=O) groups excluding carboxylic acids is 1. The lowest BCUT2D eigenvalue weighted by Gasteiger charge is -2.22. The summed E-state index contributed by atoms with van der Waals surface area (Å²) in [4.78, 5) is 10.6. The van der Waals surface area contributed by atoms with E-state index >= 15 is 0 Å². The average Bonchev–Trinajstić information content (AvgIpc) is 2.18. The lowest BCUT2D eigenvalue weighted by Crippen LogP contribution is -2.33. The van der Waals surface area contributed by atoms with Gasteiger partial charge in [0.2, 0.25) is 5.91 Å². The largest absolute Gasteiger partial charge is 0.356 e. The SMILES string of the molecule is CC(=O)NCCCNC1CCCCC1. The van der Waals surface area contributed by atoms with E-state index in [2.05, 4.69) is 10.6 Å². The first kappa shape index (κ1) is 11.5. The van der Waals surface area contributed by atoms with Gasteiger partial charge in [-0.15, -0.1) is 0 Å². The molecule has 0 spiro atoms. The van der Waals surface area contributed by atoms with E-state index in [9.17, 15) is 4.79 Å². The zero-order valence-electron chi connectivity index (χ0n) is 9.14. The van der Waals surface area contributed by atoms with Gasteiger partial charge in [-0.2, -0.15) is 0 Å². The molecule has 2 N–H and O–H groups in total. The molecule has 1 rings (SSSR count). The molecular weight excluding hydrogens is 176 g/mol. The van der Waals surface area contributed by atoms with Crippen molar-refractivity contribution in [3.63, 3.8) is 0 Å². The molecule has 0 atom stereocenters. The Morgan fingerprint density at radius 3 is 2.57 bits per heavy atom. The molecule has 1 aliphatic rings. The van der Waals surface area contributed by atoms with Gasteiger partial charge in [0.1, 0.15) is 0 Å². The summed E-state index contributed by atoms with van der Waals surface area (Å²) in [6.07, 6.45) is 7.87. The van der Waals surface area contributed by atoms with Gasteiger partial charge in [0.05, 0.1) is 0 Å². The number of hydrogen-bond acceptors (Lipinski definition) is 2. The quantitative estimate of drug-likeness (QED) is 0.656. The van der Waals surface area contributed by atoms with Crippen LogP contribution in [0.25, 0.3) is 0 Å². The molecule has 82 valence electrons. The monoisotopic (exact) mass is 198 g/mol. The molecule has 1 saturated carbocycles. The predicted molar refractivity (Wildman–Crippen MR) is 58.2 cm³/mol. The fourth-order valence-corrected chi connectivity index (χ4v) is 1.97. The van der Waals surface area contributed by atoms with E-state index in [1.807, 2.05) is 0 Å². The van der Waals surface area contributed by atoms with Crippen molar-refractivity contribution in [2.75, 3.05) is 13.1 Å². The fourth-order valence-electron chi connectivity index (χ4n) is 1.97. The first-order chi connectivity index (χ1) is 6.79. The molecule has 0 radical (unpaired) electrons. The van der Waals surface area contributed by atoms with Crippen LogP contribution in [0.1, 0.15) is 45.4 Å². The lowest BCUT2D eigenvalue weighted by atomic mass is 9.95. The zero-order valence-corrected chi connectivity index (χ0v) is 9.14. The topological polar surface area (TPSA) is 41.1 Å². The molecular formula is C11H22N2O. The van der Waals surface area contributed by atoms with Crippen molar-refractivity contribution in [1.82, 2.24) is 10.6 Å². The molecule has 0 aromatic carbocycles. The summed E-state index contributed by atoms with van der Waals surface area (Å²) >= 11 is 0. The molecule has 1 fully saturated rings. The Bertz CT molecular complexity index is 165. The smallest absolute Gasteiger partial charge is 0.216 e. The minimum atomic E-state index is 0.0719. The zero-order chi connectivity index (χ0) is 10.2. The molecule has 0 saturated heterocycles. The summed E-state index contributed by atoms with van der Waals surface area (Å²) < 4.78 is 0. The molecule has 0 heterocycles. The molecule has 0 unspecified atom stereocenters. The first-order valence-electron chi connectivity index (χ1n) is 5.77. The van der Waals surface area contributed by atoms with Crippen LogP contribution in [-0.4, -0.2) is 25.0 Å².